The second-order valence-corrected chi connectivity index (χ2v) is 10.5. The van der Waals surface area contributed by atoms with Crippen LogP contribution in [0.2, 0.25) is 0 Å². The summed E-state index contributed by atoms with van der Waals surface area (Å²) in [6.45, 7) is 1.95. The molecule has 35 heavy (non-hydrogen) atoms. The van der Waals surface area contributed by atoms with Gasteiger partial charge in [-0.2, -0.15) is 0 Å². The van der Waals surface area contributed by atoms with Gasteiger partial charge in [0.25, 0.3) is 10.0 Å². The largest absolute Gasteiger partial charge is 0.497 e. The number of nitrogens with zero attached hydrogens (tertiary/aromatic N) is 1. The highest BCUT2D eigenvalue weighted by Gasteiger charge is 2.24. The van der Waals surface area contributed by atoms with E-state index in [1.165, 1.54) is 9.54 Å². The Morgan fingerprint density at radius 1 is 0.771 bits per heavy atom. The Hall–Kier alpha value is -3.83. The lowest BCUT2D eigenvalue weighted by molar-refractivity contribution is 0.415. The number of methoxy groups -OCH3 is 1. The Kier molecular flexibility index (Phi) is 6.18. The molecule has 0 unspecified atom stereocenters. The van der Waals surface area contributed by atoms with Gasteiger partial charge in [-0.25, -0.2) is 12.4 Å². The molecular formula is C30H27NO3S. The number of fused-ring (bicyclic) bond motifs is 1. The van der Waals surface area contributed by atoms with Gasteiger partial charge >= 0.3 is 0 Å². The van der Waals surface area contributed by atoms with Gasteiger partial charge in [-0.1, -0.05) is 72.3 Å². The summed E-state index contributed by atoms with van der Waals surface area (Å²) >= 11 is 0. The number of aryl methyl sites for hydroxylation is 3. The molecule has 0 aliphatic carbocycles. The predicted octanol–water partition coefficient (Wildman–Crippen LogP) is 6.65. The predicted molar refractivity (Wildman–Crippen MR) is 142 cm³/mol. The van der Waals surface area contributed by atoms with Crippen LogP contribution in [-0.4, -0.2) is 19.5 Å². The molecule has 4 nitrogen and oxygen atoms in total. The molecule has 0 amide bonds. The average molecular weight is 482 g/mol. The Morgan fingerprint density at radius 3 is 2.17 bits per heavy atom. The summed E-state index contributed by atoms with van der Waals surface area (Å²) in [7, 11) is -2.14. The molecule has 0 fully saturated rings. The van der Waals surface area contributed by atoms with Crippen LogP contribution in [0.1, 0.15) is 16.8 Å². The third-order valence-electron chi connectivity index (χ3n) is 6.35. The molecule has 0 aliphatic heterocycles. The van der Waals surface area contributed by atoms with Crippen LogP contribution >= 0.6 is 0 Å². The molecule has 5 rings (SSSR count). The highest BCUT2D eigenvalue weighted by molar-refractivity contribution is 7.90. The third-order valence-corrected chi connectivity index (χ3v) is 8.13. The van der Waals surface area contributed by atoms with Crippen LogP contribution in [0.3, 0.4) is 0 Å². The van der Waals surface area contributed by atoms with Crippen molar-refractivity contribution in [2.45, 2.75) is 24.7 Å². The summed E-state index contributed by atoms with van der Waals surface area (Å²) in [5, 5.41) is 0.913. The van der Waals surface area contributed by atoms with Crippen molar-refractivity contribution in [3.05, 3.63) is 120 Å². The highest BCUT2D eigenvalue weighted by Crippen LogP contribution is 2.34. The van der Waals surface area contributed by atoms with E-state index in [9.17, 15) is 8.42 Å². The lowest BCUT2D eigenvalue weighted by Crippen LogP contribution is -2.16. The van der Waals surface area contributed by atoms with E-state index in [0.717, 1.165) is 39.9 Å². The van der Waals surface area contributed by atoms with Crippen molar-refractivity contribution in [2.75, 3.05) is 7.11 Å². The second-order valence-electron chi connectivity index (χ2n) is 8.67. The van der Waals surface area contributed by atoms with Gasteiger partial charge in [0.2, 0.25) is 0 Å². The Balaban J connectivity index is 1.68. The molecule has 0 radical (unpaired) electrons. The van der Waals surface area contributed by atoms with Crippen LogP contribution in [0.15, 0.2) is 108 Å². The molecule has 0 saturated carbocycles. The van der Waals surface area contributed by atoms with Gasteiger partial charge in [0, 0.05) is 11.1 Å². The maximum absolute atomic E-state index is 13.9. The zero-order chi connectivity index (χ0) is 24.4. The number of ether oxygens (including phenoxy) is 1. The van der Waals surface area contributed by atoms with Crippen molar-refractivity contribution >= 4 is 20.9 Å². The van der Waals surface area contributed by atoms with E-state index in [0.29, 0.717) is 11.9 Å². The first-order valence-corrected chi connectivity index (χ1v) is 13.1. The smallest absolute Gasteiger partial charge is 0.268 e. The lowest BCUT2D eigenvalue weighted by atomic mass is 10.0. The SMILES string of the molecule is COc1ccc(-c2cccc3c2cc(CCc2ccccc2)n3S(=O)(=O)c2ccc(C)cc2)cc1. The molecule has 5 aromatic rings. The van der Waals surface area contributed by atoms with Crippen LogP contribution in [0, 0.1) is 6.92 Å². The lowest BCUT2D eigenvalue weighted by Gasteiger charge is -2.13. The Bertz CT molecular complexity index is 1570. The van der Waals surface area contributed by atoms with E-state index in [2.05, 4.69) is 12.1 Å². The average Bonchev–Trinajstić information content (AvgIpc) is 3.28. The number of hydrogen-bond donors (Lipinski definition) is 0. The minimum absolute atomic E-state index is 0.288. The second kappa shape index (κ2) is 9.43. The normalized spacial score (nSPS) is 11.6. The van der Waals surface area contributed by atoms with Crippen molar-refractivity contribution in [1.29, 1.82) is 0 Å². The molecular weight excluding hydrogens is 454 g/mol. The number of benzene rings is 4. The van der Waals surface area contributed by atoms with Crippen molar-refractivity contribution < 1.29 is 13.2 Å². The van der Waals surface area contributed by atoms with Gasteiger partial charge in [-0.05, 0) is 72.9 Å². The maximum atomic E-state index is 13.9. The summed E-state index contributed by atoms with van der Waals surface area (Å²) in [5.41, 5.74) is 5.65. The zero-order valence-corrected chi connectivity index (χ0v) is 20.6. The Labute approximate surface area is 206 Å². The summed E-state index contributed by atoms with van der Waals surface area (Å²) in [6, 6.07) is 32.9. The highest BCUT2D eigenvalue weighted by atomic mass is 32.2. The molecule has 4 aromatic carbocycles. The maximum Gasteiger partial charge on any atom is 0.268 e. The summed E-state index contributed by atoms with van der Waals surface area (Å²) in [5.74, 6) is 0.781. The molecule has 0 spiro atoms. The van der Waals surface area contributed by atoms with Gasteiger partial charge in [-0.15, -0.1) is 0 Å². The summed E-state index contributed by atoms with van der Waals surface area (Å²) in [6.07, 6.45) is 1.35. The fraction of sp³-hybridized carbons (Fsp3) is 0.133. The molecule has 0 saturated heterocycles. The van der Waals surface area contributed by atoms with E-state index in [1.807, 2.05) is 85.8 Å². The first kappa shape index (κ1) is 22.9. The van der Waals surface area contributed by atoms with Crippen LogP contribution in [0.4, 0.5) is 0 Å². The first-order chi connectivity index (χ1) is 17.0. The topological polar surface area (TPSA) is 48.3 Å². The molecule has 1 aromatic heterocycles. The molecule has 0 atom stereocenters. The number of hydrogen-bond acceptors (Lipinski definition) is 3. The van der Waals surface area contributed by atoms with Gasteiger partial charge in [0.15, 0.2) is 0 Å². The third kappa shape index (κ3) is 4.47. The van der Waals surface area contributed by atoms with E-state index in [-0.39, 0.29) is 4.90 Å². The summed E-state index contributed by atoms with van der Waals surface area (Å²) < 4.78 is 34.7. The molecule has 176 valence electrons. The minimum atomic E-state index is -3.79. The standard InChI is InChI=1S/C30H27NO3S/c1-22-11-19-27(20-12-22)35(32,33)31-25(16-13-23-7-4-3-5-8-23)21-29-28(9-6-10-30(29)31)24-14-17-26(34-2)18-15-24/h3-12,14-15,17-21H,13,16H2,1-2H3. The van der Waals surface area contributed by atoms with Crippen LogP contribution in [-0.2, 0) is 22.9 Å². The first-order valence-electron chi connectivity index (χ1n) is 11.6. The van der Waals surface area contributed by atoms with Crippen LogP contribution < -0.4 is 4.74 Å². The molecule has 5 heteroatoms. The Morgan fingerprint density at radius 2 is 1.49 bits per heavy atom. The molecule has 0 aliphatic rings. The van der Waals surface area contributed by atoms with Gasteiger partial charge in [0.05, 0.1) is 17.5 Å². The van der Waals surface area contributed by atoms with Gasteiger partial charge < -0.3 is 4.74 Å². The number of aromatic nitrogens is 1. The monoisotopic (exact) mass is 481 g/mol. The zero-order valence-electron chi connectivity index (χ0n) is 19.8. The van der Waals surface area contributed by atoms with E-state index in [4.69, 9.17) is 4.74 Å². The molecule has 0 bridgehead atoms. The molecule has 0 N–H and O–H groups in total. The van der Waals surface area contributed by atoms with E-state index < -0.39 is 10.0 Å². The van der Waals surface area contributed by atoms with E-state index in [1.54, 1.807) is 19.2 Å². The van der Waals surface area contributed by atoms with Crippen molar-refractivity contribution in [3.63, 3.8) is 0 Å². The fourth-order valence-electron chi connectivity index (χ4n) is 4.47. The van der Waals surface area contributed by atoms with Crippen LogP contribution in [0.25, 0.3) is 22.0 Å². The van der Waals surface area contributed by atoms with Gasteiger partial charge in [-0.3, -0.25) is 0 Å². The van der Waals surface area contributed by atoms with Crippen molar-refractivity contribution in [3.8, 4) is 16.9 Å². The van der Waals surface area contributed by atoms with Crippen molar-refractivity contribution in [2.24, 2.45) is 0 Å². The fourth-order valence-corrected chi connectivity index (χ4v) is 6.04. The minimum Gasteiger partial charge on any atom is -0.497 e. The summed E-state index contributed by atoms with van der Waals surface area (Å²) in [4.78, 5) is 0.288. The van der Waals surface area contributed by atoms with Crippen molar-refractivity contribution in [1.82, 2.24) is 3.97 Å². The van der Waals surface area contributed by atoms with Crippen LogP contribution in [0.5, 0.6) is 5.75 Å². The van der Waals surface area contributed by atoms with E-state index >= 15 is 0 Å². The van der Waals surface area contributed by atoms with Gasteiger partial charge in [0.1, 0.15) is 5.75 Å². The number of rotatable bonds is 7. The molecule has 1 heterocycles. The quantitative estimate of drug-likeness (QED) is 0.262.